The van der Waals surface area contributed by atoms with Gasteiger partial charge in [-0.05, 0) is 36.2 Å². The lowest BCUT2D eigenvalue weighted by Gasteiger charge is -2.17. The SMILES string of the molecule is Cl.NC[C@@H]1CN(S(=O)(=O)c2ccc(Cl)c(Cl)c2)C[C@H]1c1ccccc1. The summed E-state index contributed by atoms with van der Waals surface area (Å²) >= 11 is 11.9. The van der Waals surface area contributed by atoms with Gasteiger partial charge in [-0.25, -0.2) is 8.42 Å². The van der Waals surface area contributed by atoms with E-state index in [0.29, 0.717) is 24.7 Å². The molecule has 25 heavy (non-hydrogen) atoms. The van der Waals surface area contributed by atoms with Gasteiger partial charge in [0.1, 0.15) is 0 Å². The van der Waals surface area contributed by atoms with E-state index in [1.165, 1.54) is 22.5 Å². The van der Waals surface area contributed by atoms with Gasteiger partial charge in [-0.3, -0.25) is 0 Å². The van der Waals surface area contributed by atoms with Crippen molar-refractivity contribution < 1.29 is 8.42 Å². The monoisotopic (exact) mass is 420 g/mol. The van der Waals surface area contributed by atoms with E-state index in [2.05, 4.69) is 0 Å². The number of nitrogens with zero attached hydrogens (tertiary/aromatic N) is 1. The third-order valence-electron chi connectivity index (χ3n) is 4.47. The van der Waals surface area contributed by atoms with Crippen LogP contribution in [0.15, 0.2) is 53.4 Å². The molecule has 1 saturated heterocycles. The molecule has 8 heteroatoms. The minimum atomic E-state index is -3.63. The van der Waals surface area contributed by atoms with Crippen molar-refractivity contribution in [2.75, 3.05) is 19.6 Å². The molecule has 0 aromatic heterocycles. The molecule has 2 aromatic rings. The zero-order valence-electron chi connectivity index (χ0n) is 13.3. The molecule has 0 radical (unpaired) electrons. The van der Waals surface area contributed by atoms with Crippen LogP contribution in [-0.2, 0) is 10.0 Å². The molecule has 4 nitrogen and oxygen atoms in total. The molecule has 2 atom stereocenters. The number of hydrogen-bond donors (Lipinski definition) is 1. The number of rotatable bonds is 4. The summed E-state index contributed by atoms with van der Waals surface area (Å²) in [4.78, 5) is 0.154. The van der Waals surface area contributed by atoms with Gasteiger partial charge in [0.25, 0.3) is 0 Å². The molecule has 1 aliphatic heterocycles. The molecule has 136 valence electrons. The Morgan fingerprint density at radius 3 is 2.32 bits per heavy atom. The fraction of sp³-hybridized carbons (Fsp3) is 0.294. The van der Waals surface area contributed by atoms with Gasteiger partial charge < -0.3 is 5.73 Å². The molecule has 2 aromatic carbocycles. The smallest absolute Gasteiger partial charge is 0.243 e. The van der Waals surface area contributed by atoms with Crippen molar-refractivity contribution in [3.05, 3.63) is 64.1 Å². The second kappa shape index (κ2) is 8.25. The predicted octanol–water partition coefficient (Wildman–Crippen LogP) is 3.78. The number of hydrogen-bond acceptors (Lipinski definition) is 3. The van der Waals surface area contributed by atoms with Gasteiger partial charge in [0, 0.05) is 19.0 Å². The molecule has 0 amide bonds. The zero-order chi connectivity index (χ0) is 17.3. The Bertz CT molecular complexity index is 831. The highest BCUT2D eigenvalue weighted by atomic mass is 35.5. The van der Waals surface area contributed by atoms with Crippen LogP contribution in [0.1, 0.15) is 11.5 Å². The van der Waals surface area contributed by atoms with Crippen molar-refractivity contribution in [3.8, 4) is 0 Å². The van der Waals surface area contributed by atoms with E-state index >= 15 is 0 Å². The van der Waals surface area contributed by atoms with E-state index in [1.54, 1.807) is 0 Å². The molecule has 1 fully saturated rings. The first kappa shape index (κ1) is 20.5. The van der Waals surface area contributed by atoms with E-state index in [4.69, 9.17) is 28.9 Å². The first-order valence-corrected chi connectivity index (χ1v) is 9.83. The molecule has 0 unspecified atom stereocenters. The van der Waals surface area contributed by atoms with E-state index < -0.39 is 10.0 Å². The summed E-state index contributed by atoms with van der Waals surface area (Å²) in [6, 6.07) is 14.3. The Hall–Kier alpha value is -0.820. The van der Waals surface area contributed by atoms with Crippen LogP contribution in [0.3, 0.4) is 0 Å². The predicted molar refractivity (Wildman–Crippen MR) is 104 cm³/mol. The van der Waals surface area contributed by atoms with Crippen molar-refractivity contribution in [2.45, 2.75) is 10.8 Å². The van der Waals surface area contributed by atoms with E-state index in [9.17, 15) is 8.42 Å². The van der Waals surface area contributed by atoms with Crippen LogP contribution >= 0.6 is 35.6 Å². The van der Waals surface area contributed by atoms with Gasteiger partial charge in [-0.2, -0.15) is 4.31 Å². The molecule has 0 bridgehead atoms. The van der Waals surface area contributed by atoms with Gasteiger partial charge in [-0.1, -0.05) is 53.5 Å². The lowest BCUT2D eigenvalue weighted by molar-refractivity contribution is 0.459. The highest BCUT2D eigenvalue weighted by molar-refractivity contribution is 7.89. The summed E-state index contributed by atoms with van der Waals surface area (Å²) in [5.74, 6) is 0.179. The molecule has 0 spiro atoms. The summed E-state index contributed by atoms with van der Waals surface area (Å²) in [5.41, 5.74) is 7.00. The molecule has 1 heterocycles. The van der Waals surface area contributed by atoms with Crippen molar-refractivity contribution in [2.24, 2.45) is 11.7 Å². The minimum absolute atomic E-state index is 0. The van der Waals surface area contributed by atoms with Crippen LogP contribution in [-0.4, -0.2) is 32.4 Å². The first-order valence-electron chi connectivity index (χ1n) is 7.63. The van der Waals surface area contributed by atoms with Crippen molar-refractivity contribution in [3.63, 3.8) is 0 Å². The van der Waals surface area contributed by atoms with Gasteiger partial charge in [-0.15, -0.1) is 12.4 Å². The van der Waals surface area contributed by atoms with Gasteiger partial charge >= 0.3 is 0 Å². The maximum atomic E-state index is 12.9. The molecular weight excluding hydrogens is 403 g/mol. The third kappa shape index (κ3) is 4.13. The molecule has 1 aliphatic rings. The summed E-state index contributed by atoms with van der Waals surface area (Å²) in [7, 11) is -3.63. The Morgan fingerprint density at radius 1 is 1.04 bits per heavy atom. The highest BCUT2D eigenvalue weighted by Gasteiger charge is 2.39. The quantitative estimate of drug-likeness (QED) is 0.817. The average molecular weight is 422 g/mol. The van der Waals surface area contributed by atoms with Crippen LogP contribution in [0.4, 0.5) is 0 Å². The Balaban J connectivity index is 0.00000225. The maximum absolute atomic E-state index is 12.9. The average Bonchev–Trinajstić information content (AvgIpc) is 3.03. The van der Waals surface area contributed by atoms with Gasteiger partial charge in [0.05, 0.1) is 14.9 Å². The van der Waals surface area contributed by atoms with Crippen LogP contribution in [0, 0.1) is 5.92 Å². The summed E-state index contributed by atoms with van der Waals surface area (Å²) < 4.78 is 27.3. The molecular formula is C17H19Cl3N2O2S. The lowest BCUT2D eigenvalue weighted by atomic mass is 9.89. The topological polar surface area (TPSA) is 63.4 Å². The van der Waals surface area contributed by atoms with E-state index in [0.717, 1.165) is 5.56 Å². The fourth-order valence-electron chi connectivity index (χ4n) is 3.13. The standard InChI is InChI=1S/C17H18Cl2N2O2S.ClH/c18-16-7-6-14(8-17(16)19)24(22,23)21-10-13(9-20)15(11-21)12-4-2-1-3-5-12;/h1-8,13,15H,9-11,20H2;1H/t13-,15+;/m1./s1. The Labute approximate surface area is 164 Å². The van der Waals surface area contributed by atoms with Crippen LogP contribution in [0.25, 0.3) is 0 Å². The normalized spacial score (nSPS) is 21.1. The van der Waals surface area contributed by atoms with Gasteiger partial charge in [0.2, 0.25) is 10.0 Å². The lowest BCUT2D eigenvalue weighted by Crippen LogP contribution is -2.30. The second-order valence-electron chi connectivity index (χ2n) is 5.91. The van der Waals surface area contributed by atoms with Gasteiger partial charge in [0.15, 0.2) is 0 Å². The largest absolute Gasteiger partial charge is 0.330 e. The van der Waals surface area contributed by atoms with Crippen LogP contribution < -0.4 is 5.73 Å². The van der Waals surface area contributed by atoms with E-state index in [-0.39, 0.29) is 34.2 Å². The number of halogens is 3. The maximum Gasteiger partial charge on any atom is 0.243 e. The Morgan fingerprint density at radius 2 is 1.72 bits per heavy atom. The third-order valence-corrected chi connectivity index (χ3v) is 7.03. The fourth-order valence-corrected chi connectivity index (χ4v) is 5.04. The molecule has 0 aliphatic carbocycles. The zero-order valence-corrected chi connectivity index (χ0v) is 16.5. The highest BCUT2D eigenvalue weighted by Crippen LogP contribution is 2.36. The number of benzene rings is 2. The second-order valence-corrected chi connectivity index (χ2v) is 8.66. The molecule has 3 rings (SSSR count). The van der Waals surface area contributed by atoms with Crippen LogP contribution in [0.5, 0.6) is 0 Å². The van der Waals surface area contributed by atoms with Crippen molar-refractivity contribution >= 4 is 45.6 Å². The summed E-state index contributed by atoms with van der Waals surface area (Å²) in [6.07, 6.45) is 0. The summed E-state index contributed by atoms with van der Waals surface area (Å²) in [5, 5.41) is 0.561. The van der Waals surface area contributed by atoms with Crippen molar-refractivity contribution in [1.82, 2.24) is 4.31 Å². The molecule has 2 N–H and O–H groups in total. The molecule has 0 saturated carbocycles. The minimum Gasteiger partial charge on any atom is -0.330 e. The first-order chi connectivity index (χ1) is 11.4. The van der Waals surface area contributed by atoms with Crippen molar-refractivity contribution in [1.29, 1.82) is 0 Å². The van der Waals surface area contributed by atoms with E-state index in [1.807, 2.05) is 30.3 Å². The Kier molecular flexibility index (Phi) is 6.76. The number of sulfonamides is 1. The van der Waals surface area contributed by atoms with Crippen LogP contribution in [0.2, 0.25) is 10.0 Å². The number of nitrogens with two attached hydrogens (primary N) is 1. The summed E-state index contributed by atoms with van der Waals surface area (Å²) in [6.45, 7) is 1.25.